The van der Waals surface area contributed by atoms with Gasteiger partial charge >= 0.3 is 0 Å². The highest BCUT2D eigenvalue weighted by molar-refractivity contribution is 9.10. The molecule has 7 nitrogen and oxygen atoms in total. The number of carbonyl (C=O) groups excluding carboxylic acids is 1. The fraction of sp³-hybridized carbons (Fsp3) is 0.333. The fourth-order valence-corrected chi connectivity index (χ4v) is 3.41. The van der Waals surface area contributed by atoms with Crippen molar-refractivity contribution in [2.24, 2.45) is 5.10 Å². The van der Waals surface area contributed by atoms with Gasteiger partial charge in [0, 0.05) is 17.6 Å². The standard InChI is InChI=1S/C21H23BrClN3O4/c1-28-19-11-16(12-24-25-20(27)13-26-6-8-29-9-7-26)10-18(23)21(19)30-14-15-2-4-17(22)5-3-15/h2-5,10-12H,6-9,13-14H2,1H3,(H,25,27)/b24-12+. The average molecular weight is 497 g/mol. The Hall–Kier alpha value is -2.13. The maximum absolute atomic E-state index is 12.0. The molecule has 1 heterocycles. The average Bonchev–Trinajstić information content (AvgIpc) is 2.74. The third-order valence-corrected chi connectivity index (χ3v) is 5.23. The summed E-state index contributed by atoms with van der Waals surface area (Å²) >= 11 is 9.81. The minimum Gasteiger partial charge on any atom is -0.493 e. The Labute approximate surface area is 189 Å². The Morgan fingerprint density at radius 2 is 2.03 bits per heavy atom. The summed E-state index contributed by atoms with van der Waals surface area (Å²) in [5.41, 5.74) is 4.21. The maximum atomic E-state index is 12.0. The molecule has 1 aliphatic heterocycles. The van der Waals surface area contributed by atoms with E-state index in [1.165, 1.54) is 6.21 Å². The van der Waals surface area contributed by atoms with Crippen LogP contribution in [-0.4, -0.2) is 57.0 Å². The number of hydrogen-bond acceptors (Lipinski definition) is 6. The van der Waals surface area contributed by atoms with Crippen molar-refractivity contribution in [2.75, 3.05) is 40.0 Å². The lowest BCUT2D eigenvalue weighted by Gasteiger charge is -2.25. The zero-order chi connectivity index (χ0) is 21.3. The molecular weight excluding hydrogens is 474 g/mol. The molecule has 1 N–H and O–H groups in total. The van der Waals surface area contributed by atoms with E-state index >= 15 is 0 Å². The van der Waals surface area contributed by atoms with E-state index in [9.17, 15) is 4.79 Å². The molecule has 0 radical (unpaired) electrons. The van der Waals surface area contributed by atoms with Gasteiger partial charge in [-0.15, -0.1) is 0 Å². The third kappa shape index (κ3) is 6.70. The van der Waals surface area contributed by atoms with Gasteiger partial charge in [0.2, 0.25) is 0 Å². The van der Waals surface area contributed by atoms with Gasteiger partial charge < -0.3 is 14.2 Å². The largest absolute Gasteiger partial charge is 0.493 e. The van der Waals surface area contributed by atoms with Crippen molar-refractivity contribution < 1.29 is 19.0 Å². The van der Waals surface area contributed by atoms with Crippen LogP contribution in [0.25, 0.3) is 0 Å². The van der Waals surface area contributed by atoms with E-state index < -0.39 is 0 Å². The summed E-state index contributed by atoms with van der Waals surface area (Å²) < 4.78 is 17.6. The molecule has 2 aromatic carbocycles. The van der Waals surface area contributed by atoms with Crippen molar-refractivity contribution in [1.82, 2.24) is 10.3 Å². The van der Waals surface area contributed by atoms with Crippen LogP contribution in [0.1, 0.15) is 11.1 Å². The highest BCUT2D eigenvalue weighted by Crippen LogP contribution is 2.36. The van der Waals surface area contributed by atoms with E-state index in [0.717, 1.165) is 23.1 Å². The molecule has 1 amide bonds. The van der Waals surface area contributed by atoms with Crippen LogP contribution in [0, 0.1) is 0 Å². The summed E-state index contributed by atoms with van der Waals surface area (Å²) in [6.07, 6.45) is 1.52. The molecule has 3 rings (SSSR count). The second kappa shape index (κ2) is 11.3. The van der Waals surface area contributed by atoms with Gasteiger partial charge in [-0.05, 0) is 35.4 Å². The van der Waals surface area contributed by atoms with Crippen LogP contribution in [0.5, 0.6) is 11.5 Å². The van der Waals surface area contributed by atoms with E-state index in [0.29, 0.717) is 41.9 Å². The maximum Gasteiger partial charge on any atom is 0.254 e. The molecule has 160 valence electrons. The van der Waals surface area contributed by atoms with Crippen LogP contribution in [-0.2, 0) is 16.1 Å². The number of carbonyl (C=O) groups is 1. The Kier molecular flexibility index (Phi) is 8.50. The zero-order valence-electron chi connectivity index (χ0n) is 16.6. The zero-order valence-corrected chi connectivity index (χ0v) is 18.9. The van der Waals surface area contributed by atoms with Gasteiger partial charge in [0.1, 0.15) is 6.61 Å². The van der Waals surface area contributed by atoms with Crippen LogP contribution in [0.4, 0.5) is 0 Å². The van der Waals surface area contributed by atoms with Crippen molar-refractivity contribution in [1.29, 1.82) is 0 Å². The minimum absolute atomic E-state index is 0.180. The van der Waals surface area contributed by atoms with E-state index in [1.54, 1.807) is 19.2 Å². The number of hydrogen-bond donors (Lipinski definition) is 1. The third-order valence-electron chi connectivity index (χ3n) is 4.42. The topological polar surface area (TPSA) is 72.4 Å². The Bertz CT molecular complexity index is 887. The molecule has 0 unspecified atom stereocenters. The van der Waals surface area contributed by atoms with Crippen LogP contribution in [0.2, 0.25) is 5.02 Å². The van der Waals surface area contributed by atoms with Gasteiger partial charge in [0.05, 0.1) is 38.1 Å². The second-order valence-corrected chi connectivity index (χ2v) is 7.95. The molecule has 30 heavy (non-hydrogen) atoms. The van der Waals surface area contributed by atoms with Crippen LogP contribution < -0.4 is 14.9 Å². The predicted molar refractivity (Wildman–Crippen MR) is 119 cm³/mol. The normalized spacial score (nSPS) is 14.6. The monoisotopic (exact) mass is 495 g/mol. The lowest BCUT2D eigenvalue weighted by molar-refractivity contribution is -0.123. The summed E-state index contributed by atoms with van der Waals surface area (Å²) in [4.78, 5) is 14.0. The van der Waals surface area contributed by atoms with E-state index in [-0.39, 0.29) is 12.5 Å². The van der Waals surface area contributed by atoms with Gasteiger partial charge in [-0.1, -0.05) is 39.7 Å². The molecule has 0 bridgehead atoms. The molecule has 0 spiro atoms. The van der Waals surface area contributed by atoms with Crippen molar-refractivity contribution in [3.63, 3.8) is 0 Å². The first-order chi connectivity index (χ1) is 14.5. The van der Waals surface area contributed by atoms with E-state index in [1.807, 2.05) is 29.2 Å². The predicted octanol–water partition coefficient (Wildman–Crippen LogP) is 3.47. The van der Waals surface area contributed by atoms with E-state index in [2.05, 4.69) is 26.5 Å². The fourth-order valence-electron chi connectivity index (χ4n) is 2.87. The number of ether oxygens (including phenoxy) is 3. The number of methoxy groups -OCH3 is 1. The summed E-state index contributed by atoms with van der Waals surface area (Å²) in [7, 11) is 1.54. The van der Waals surface area contributed by atoms with Crippen LogP contribution in [0.3, 0.4) is 0 Å². The number of amides is 1. The molecule has 2 aromatic rings. The number of nitrogens with zero attached hydrogens (tertiary/aromatic N) is 2. The van der Waals surface area contributed by atoms with Crippen molar-refractivity contribution in [3.8, 4) is 11.5 Å². The highest BCUT2D eigenvalue weighted by Gasteiger charge is 2.14. The summed E-state index contributed by atoms with van der Waals surface area (Å²) in [6, 6.07) is 11.3. The van der Waals surface area contributed by atoms with Gasteiger partial charge in [-0.3, -0.25) is 9.69 Å². The van der Waals surface area contributed by atoms with Crippen LogP contribution >= 0.6 is 27.5 Å². The van der Waals surface area contributed by atoms with Gasteiger partial charge in [0.15, 0.2) is 11.5 Å². The number of rotatable bonds is 8. The summed E-state index contributed by atoms with van der Waals surface area (Å²) in [5, 5.41) is 4.41. The number of hydrazone groups is 1. The first kappa shape index (κ1) is 22.6. The molecule has 0 aromatic heterocycles. The van der Waals surface area contributed by atoms with Gasteiger partial charge in [-0.25, -0.2) is 5.43 Å². The van der Waals surface area contributed by atoms with Gasteiger partial charge in [-0.2, -0.15) is 5.10 Å². The lowest BCUT2D eigenvalue weighted by atomic mass is 10.2. The quantitative estimate of drug-likeness (QED) is 0.448. The van der Waals surface area contributed by atoms with Crippen molar-refractivity contribution >= 4 is 39.7 Å². The minimum atomic E-state index is -0.180. The summed E-state index contributed by atoms with van der Waals surface area (Å²) in [6.45, 7) is 3.41. The molecular formula is C21H23BrClN3O4. The summed E-state index contributed by atoms with van der Waals surface area (Å²) in [5.74, 6) is 0.761. The molecule has 1 saturated heterocycles. The van der Waals surface area contributed by atoms with Crippen molar-refractivity contribution in [3.05, 3.63) is 57.0 Å². The number of halogens is 2. The molecule has 1 fully saturated rings. The Balaban J connectivity index is 1.59. The first-order valence-electron chi connectivity index (χ1n) is 9.42. The highest BCUT2D eigenvalue weighted by atomic mass is 79.9. The molecule has 0 saturated carbocycles. The second-order valence-electron chi connectivity index (χ2n) is 6.63. The number of morpholine rings is 1. The Morgan fingerprint density at radius 3 is 2.73 bits per heavy atom. The number of benzene rings is 2. The number of nitrogens with one attached hydrogen (secondary N) is 1. The molecule has 0 aliphatic carbocycles. The van der Waals surface area contributed by atoms with E-state index in [4.69, 9.17) is 25.8 Å². The molecule has 9 heteroatoms. The SMILES string of the molecule is COc1cc(/C=N/NC(=O)CN2CCOCC2)cc(Cl)c1OCc1ccc(Br)cc1. The van der Waals surface area contributed by atoms with Gasteiger partial charge in [0.25, 0.3) is 5.91 Å². The van der Waals surface area contributed by atoms with Crippen molar-refractivity contribution in [2.45, 2.75) is 6.61 Å². The van der Waals surface area contributed by atoms with Crippen LogP contribution in [0.15, 0.2) is 46.0 Å². The molecule has 0 atom stereocenters. The smallest absolute Gasteiger partial charge is 0.254 e. The molecule has 1 aliphatic rings. The lowest BCUT2D eigenvalue weighted by Crippen LogP contribution is -2.42. The Morgan fingerprint density at radius 1 is 1.30 bits per heavy atom. The first-order valence-corrected chi connectivity index (χ1v) is 10.6.